The normalized spacial score (nSPS) is 10.7. The minimum absolute atomic E-state index is 0.311. The lowest BCUT2D eigenvalue weighted by molar-refractivity contribution is -0.137. The first-order valence-corrected chi connectivity index (χ1v) is 9.47. The van der Waals surface area contributed by atoms with Gasteiger partial charge in [-0.1, -0.05) is 11.6 Å². The molecular weight excluding hydrogens is 388 g/mol. The summed E-state index contributed by atoms with van der Waals surface area (Å²) in [5.74, 6) is 1.78. The highest BCUT2D eigenvalue weighted by atomic mass is 35.5. The van der Waals surface area contributed by atoms with Crippen LogP contribution in [0.15, 0.2) is 47.4 Å². The van der Waals surface area contributed by atoms with Crippen LogP contribution in [0.25, 0.3) is 6.08 Å². The summed E-state index contributed by atoms with van der Waals surface area (Å²) in [5.41, 5.74) is 0.733. The summed E-state index contributed by atoms with van der Waals surface area (Å²) in [6.07, 6.45) is 3.01. The predicted molar refractivity (Wildman–Crippen MR) is 108 cm³/mol. The second kappa shape index (κ2) is 10.7. The van der Waals surface area contributed by atoms with Crippen molar-refractivity contribution in [2.75, 3.05) is 33.7 Å². The number of esters is 1. The molecule has 0 atom stereocenters. The molecule has 0 saturated carbocycles. The topological polar surface area (TPSA) is 54.0 Å². The molecular formula is C20H21ClO5S. The lowest BCUT2D eigenvalue weighted by Crippen LogP contribution is -2.04. The molecule has 5 nitrogen and oxygen atoms in total. The van der Waals surface area contributed by atoms with E-state index in [0.717, 1.165) is 10.5 Å². The van der Waals surface area contributed by atoms with Crippen LogP contribution in [0.5, 0.6) is 17.2 Å². The number of methoxy groups -OCH3 is 3. The maximum absolute atomic E-state index is 11.9. The second-order valence-corrected chi connectivity index (χ2v) is 6.87. The Labute approximate surface area is 168 Å². The molecule has 0 N–H and O–H groups in total. The van der Waals surface area contributed by atoms with Crippen LogP contribution in [0.3, 0.4) is 0 Å². The Bertz CT molecular complexity index is 764. The van der Waals surface area contributed by atoms with E-state index < -0.39 is 5.97 Å². The van der Waals surface area contributed by atoms with Gasteiger partial charge in [0.2, 0.25) is 5.75 Å². The summed E-state index contributed by atoms with van der Waals surface area (Å²) in [6.45, 7) is 0.311. The van der Waals surface area contributed by atoms with Crippen molar-refractivity contribution in [3.63, 3.8) is 0 Å². The molecule has 27 heavy (non-hydrogen) atoms. The third-order valence-electron chi connectivity index (χ3n) is 3.51. The molecule has 0 aromatic heterocycles. The third kappa shape index (κ3) is 6.41. The van der Waals surface area contributed by atoms with Crippen LogP contribution in [0.4, 0.5) is 0 Å². The zero-order chi connectivity index (χ0) is 19.6. The number of benzene rings is 2. The van der Waals surface area contributed by atoms with E-state index in [1.54, 1.807) is 30.0 Å². The molecule has 0 unspecified atom stereocenters. The highest BCUT2D eigenvalue weighted by Crippen LogP contribution is 2.38. The Hall–Kier alpha value is -2.31. The summed E-state index contributed by atoms with van der Waals surface area (Å²) >= 11 is 7.44. The van der Waals surface area contributed by atoms with Crippen molar-refractivity contribution in [2.24, 2.45) is 0 Å². The number of carbonyl (C=O) groups is 1. The molecule has 0 fully saturated rings. The zero-order valence-corrected chi connectivity index (χ0v) is 16.9. The fourth-order valence-corrected chi connectivity index (χ4v) is 3.10. The Morgan fingerprint density at radius 3 is 2.22 bits per heavy atom. The fraction of sp³-hybridized carbons (Fsp3) is 0.250. The zero-order valence-electron chi connectivity index (χ0n) is 15.4. The molecule has 2 aromatic rings. The molecule has 0 radical (unpaired) electrons. The van der Waals surface area contributed by atoms with Crippen molar-refractivity contribution >= 4 is 35.4 Å². The monoisotopic (exact) mass is 408 g/mol. The third-order valence-corrected chi connectivity index (χ3v) is 4.74. The van der Waals surface area contributed by atoms with E-state index in [4.69, 9.17) is 30.5 Å². The van der Waals surface area contributed by atoms with Gasteiger partial charge in [0.15, 0.2) is 11.5 Å². The van der Waals surface area contributed by atoms with Gasteiger partial charge in [0.1, 0.15) is 6.61 Å². The summed E-state index contributed by atoms with van der Waals surface area (Å²) in [4.78, 5) is 13.0. The first-order valence-electron chi connectivity index (χ1n) is 8.10. The first-order chi connectivity index (χ1) is 13.1. The summed E-state index contributed by atoms with van der Waals surface area (Å²) in [5, 5.41) is 0.697. The smallest absolute Gasteiger partial charge is 0.330 e. The van der Waals surface area contributed by atoms with Gasteiger partial charge in [-0.25, -0.2) is 4.79 Å². The van der Waals surface area contributed by atoms with Gasteiger partial charge in [0, 0.05) is 21.7 Å². The Morgan fingerprint density at radius 2 is 1.67 bits per heavy atom. The van der Waals surface area contributed by atoms with Crippen molar-refractivity contribution in [3.05, 3.63) is 53.1 Å². The SMILES string of the molecule is COc1cc(/C=C/C(=O)OCCSc2ccc(Cl)cc2)cc(OC)c1OC. The molecule has 0 heterocycles. The van der Waals surface area contributed by atoms with Crippen LogP contribution in [0, 0.1) is 0 Å². The van der Waals surface area contributed by atoms with Gasteiger partial charge in [-0.05, 0) is 48.0 Å². The van der Waals surface area contributed by atoms with E-state index in [1.165, 1.54) is 27.4 Å². The minimum atomic E-state index is -0.416. The summed E-state index contributed by atoms with van der Waals surface area (Å²) in [6, 6.07) is 11.0. The van der Waals surface area contributed by atoms with Gasteiger partial charge < -0.3 is 18.9 Å². The van der Waals surface area contributed by atoms with E-state index in [2.05, 4.69) is 0 Å². The average Bonchev–Trinajstić information content (AvgIpc) is 2.70. The van der Waals surface area contributed by atoms with Crippen LogP contribution in [0.1, 0.15) is 5.56 Å². The van der Waals surface area contributed by atoms with E-state index in [1.807, 2.05) is 24.3 Å². The largest absolute Gasteiger partial charge is 0.493 e. The van der Waals surface area contributed by atoms with E-state index in [-0.39, 0.29) is 0 Å². The van der Waals surface area contributed by atoms with Crippen LogP contribution in [0.2, 0.25) is 5.02 Å². The van der Waals surface area contributed by atoms with Crippen LogP contribution < -0.4 is 14.2 Å². The van der Waals surface area contributed by atoms with Gasteiger partial charge in [0.25, 0.3) is 0 Å². The van der Waals surface area contributed by atoms with Crippen LogP contribution in [-0.2, 0) is 9.53 Å². The molecule has 0 saturated heterocycles. The Morgan fingerprint density at radius 1 is 1.04 bits per heavy atom. The van der Waals surface area contributed by atoms with Crippen LogP contribution >= 0.6 is 23.4 Å². The highest BCUT2D eigenvalue weighted by molar-refractivity contribution is 7.99. The predicted octanol–water partition coefficient (Wildman–Crippen LogP) is 4.71. The molecule has 0 bridgehead atoms. The van der Waals surface area contributed by atoms with Gasteiger partial charge in [-0.3, -0.25) is 0 Å². The van der Waals surface area contributed by atoms with Crippen LogP contribution in [-0.4, -0.2) is 39.7 Å². The molecule has 0 aliphatic heterocycles. The van der Waals surface area contributed by atoms with Gasteiger partial charge in [-0.2, -0.15) is 0 Å². The molecule has 2 aromatic carbocycles. The lowest BCUT2D eigenvalue weighted by atomic mass is 10.1. The number of thioether (sulfide) groups is 1. The standard InChI is InChI=1S/C20H21ClO5S/c1-23-17-12-14(13-18(24-2)20(17)25-3)4-9-19(22)26-10-11-27-16-7-5-15(21)6-8-16/h4-9,12-13H,10-11H2,1-3H3/b9-4+. The minimum Gasteiger partial charge on any atom is -0.493 e. The Balaban J connectivity index is 1.87. The van der Waals surface area contributed by atoms with Crippen molar-refractivity contribution < 1.29 is 23.7 Å². The van der Waals surface area contributed by atoms with E-state index in [9.17, 15) is 4.79 Å². The van der Waals surface area contributed by atoms with E-state index >= 15 is 0 Å². The number of rotatable bonds is 9. The summed E-state index contributed by atoms with van der Waals surface area (Å²) < 4.78 is 21.1. The maximum Gasteiger partial charge on any atom is 0.330 e. The molecule has 144 valence electrons. The molecule has 7 heteroatoms. The lowest BCUT2D eigenvalue weighted by Gasteiger charge is -2.12. The van der Waals surface area contributed by atoms with Crippen molar-refractivity contribution in [1.82, 2.24) is 0 Å². The molecule has 0 aliphatic carbocycles. The van der Waals surface area contributed by atoms with Crippen molar-refractivity contribution in [1.29, 1.82) is 0 Å². The highest BCUT2D eigenvalue weighted by Gasteiger charge is 2.12. The fourth-order valence-electron chi connectivity index (χ4n) is 2.24. The van der Waals surface area contributed by atoms with Crippen molar-refractivity contribution in [3.8, 4) is 17.2 Å². The maximum atomic E-state index is 11.9. The molecule has 0 aliphatic rings. The number of hydrogen-bond donors (Lipinski definition) is 0. The molecule has 0 amide bonds. The second-order valence-electron chi connectivity index (χ2n) is 5.26. The van der Waals surface area contributed by atoms with E-state index in [0.29, 0.717) is 34.6 Å². The molecule has 0 spiro atoms. The van der Waals surface area contributed by atoms with Crippen molar-refractivity contribution in [2.45, 2.75) is 4.90 Å². The number of carbonyl (C=O) groups excluding carboxylic acids is 1. The van der Waals surface area contributed by atoms with Gasteiger partial charge in [0.05, 0.1) is 21.3 Å². The number of ether oxygens (including phenoxy) is 4. The average molecular weight is 409 g/mol. The first kappa shape index (κ1) is 21.0. The number of halogens is 1. The van der Waals surface area contributed by atoms with Gasteiger partial charge in [-0.15, -0.1) is 11.8 Å². The summed E-state index contributed by atoms with van der Waals surface area (Å²) in [7, 11) is 4.62. The molecule has 2 rings (SSSR count). The number of hydrogen-bond acceptors (Lipinski definition) is 6. The quantitative estimate of drug-likeness (QED) is 0.259. The van der Waals surface area contributed by atoms with Gasteiger partial charge >= 0.3 is 5.97 Å². The Kier molecular flexibility index (Phi) is 8.36.